The Labute approximate surface area is 144 Å². The second-order valence-electron chi connectivity index (χ2n) is 5.20. The molecule has 122 valence electrons. The molecular formula is C18H18N4OS. The number of hydrogen-bond acceptors (Lipinski definition) is 4. The normalized spacial score (nSPS) is 11.7. The lowest BCUT2D eigenvalue weighted by molar-refractivity contribution is 0.239. The fourth-order valence-electron chi connectivity index (χ4n) is 2.40. The number of rotatable bonds is 6. The highest BCUT2D eigenvalue weighted by Crippen LogP contribution is 2.21. The minimum Gasteiger partial charge on any atom is -0.338 e. The quantitative estimate of drug-likeness (QED) is 0.725. The fourth-order valence-corrected chi connectivity index (χ4v) is 3.02. The number of urea groups is 1. The van der Waals surface area contributed by atoms with Crippen molar-refractivity contribution >= 4 is 17.4 Å². The van der Waals surface area contributed by atoms with E-state index in [0.29, 0.717) is 6.54 Å². The highest BCUT2D eigenvalue weighted by atomic mass is 32.1. The Kier molecular flexibility index (Phi) is 5.52. The van der Waals surface area contributed by atoms with E-state index in [9.17, 15) is 4.79 Å². The Morgan fingerprint density at radius 1 is 1.04 bits per heavy atom. The van der Waals surface area contributed by atoms with Gasteiger partial charge in [-0.2, -0.15) is 0 Å². The lowest BCUT2D eigenvalue weighted by Gasteiger charge is -2.20. The molecule has 0 aliphatic carbocycles. The van der Waals surface area contributed by atoms with E-state index < -0.39 is 0 Å². The van der Waals surface area contributed by atoms with Gasteiger partial charge in [0, 0.05) is 36.9 Å². The van der Waals surface area contributed by atoms with Crippen molar-refractivity contribution < 1.29 is 4.79 Å². The standard InChI is InChI=1S/C18H18N4OS/c23-18(21-11-8-16-20-12-13-24-16)22-17(14-4-2-1-3-5-14)15-6-9-19-10-7-15/h1-7,9-10,12-13,17H,8,11H2,(H2,21,22,23)/t17-/m1/s1. The molecule has 0 saturated carbocycles. The fraction of sp³-hybridized carbons (Fsp3) is 0.167. The van der Waals surface area contributed by atoms with Gasteiger partial charge >= 0.3 is 6.03 Å². The number of hydrogen-bond donors (Lipinski definition) is 2. The molecule has 1 aromatic carbocycles. The summed E-state index contributed by atoms with van der Waals surface area (Å²) in [6.45, 7) is 0.553. The molecule has 0 saturated heterocycles. The van der Waals surface area contributed by atoms with Crippen LogP contribution in [0.1, 0.15) is 22.2 Å². The first-order valence-electron chi connectivity index (χ1n) is 7.70. The number of amides is 2. The van der Waals surface area contributed by atoms with Crippen molar-refractivity contribution in [3.63, 3.8) is 0 Å². The van der Waals surface area contributed by atoms with E-state index >= 15 is 0 Å². The van der Waals surface area contributed by atoms with Gasteiger partial charge in [0.25, 0.3) is 0 Å². The highest BCUT2D eigenvalue weighted by Gasteiger charge is 2.16. The molecule has 1 atom stereocenters. The molecule has 0 aliphatic rings. The number of nitrogens with one attached hydrogen (secondary N) is 2. The van der Waals surface area contributed by atoms with Crippen LogP contribution in [0.4, 0.5) is 4.79 Å². The van der Waals surface area contributed by atoms with Gasteiger partial charge in [0.2, 0.25) is 0 Å². The van der Waals surface area contributed by atoms with Crippen LogP contribution in [0.3, 0.4) is 0 Å². The summed E-state index contributed by atoms with van der Waals surface area (Å²) < 4.78 is 0. The monoisotopic (exact) mass is 338 g/mol. The van der Waals surface area contributed by atoms with E-state index in [1.807, 2.05) is 47.8 Å². The lowest BCUT2D eigenvalue weighted by Crippen LogP contribution is -2.39. The number of benzene rings is 1. The molecule has 0 radical (unpaired) electrons. The Morgan fingerprint density at radius 2 is 1.79 bits per heavy atom. The van der Waals surface area contributed by atoms with E-state index in [1.165, 1.54) is 0 Å². The molecule has 2 aromatic heterocycles. The first-order chi connectivity index (χ1) is 11.8. The maximum absolute atomic E-state index is 12.3. The van der Waals surface area contributed by atoms with Crippen LogP contribution in [0.5, 0.6) is 0 Å². The molecule has 6 heteroatoms. The zero-order valence-corrected chi connectivity index (χ0v) is 13.9. The molecule has 0 spiro atoms. The number of carbonyl (C=O) groups is 1. The number of nitrogens with zero attached hydrogens (tertiary/aromatic N) is 2. The topological polar surface area (TPSA) is 66.9 Å². The minimum absolute atomic E-state index is 0.197. The zero-order valence-electron chi connectivity index (χ0n) is 13.1. The van der Waals surface area contributed by atoms with Gasteiger partial charge < -0.3 is 10.6 Å². The van der Waals surface area contributed by atoms with E-state index in [0.717, 1.165) is 22.6 Å². The largest absolute Gasteiger partial charge is 0.338 e. The second kappa shape index (κ2) is 8.21. The smallest absolute Gasteiger partial charge is 0.315 e. The summed E-state index contributed by atoms with van der Waals surface area (Å²) in [5.74, 6) is 0. The van der Waals surface area contributed by atoms with Gasteiger partial charge in [0.05, 0.1) is 11.0 Å². The summed E-state index contributed by atoms with van der Waals surface area (Å²) in [4.78, 5) is 20.5. The summed E-state index contributed by atoms with van der Waals surface area (Å²) in [6, 6.07) is 13.3. The average Bonchev–Trinajstić information content (AvgIpc) is 3.15. The number of aromatic nitrogens is 2. The van der Waals surface area contributed by atoms with Gasteiger partial charge in [-0.1, -0.05) is 30.3 Å². The van der Waals surface area contributed by atoms with Gasteiger partial charge in [-0.3, -0.25) is 4.98 Å². The molecule has 2 amide bonds. The Balaban J connectivity index is 1.64. The van der Waals surface area contributed by atoms with Gasteiger partial charge in [0.15, 0.2) is 0 Å². The molecule has 3 rings (SSSR count). The third-order valence-electron chi connectivity index (χ3n) is 3.56. The molecule has 0 aliphatic heterocycles. The molecule has 5 nitrogen and oxygen atoms in total. The van der Waals surface area contributed by atoms with Crippen LogP contribution in [0.2, 0.25) is 0 Å². The molecule has 2 heterocycles. The third kappa shape index (κ3) is 4.39. The van der Waals surface area contributed by atoms with Crippen LogP contribution >= 0.6 is 11.3 Å². The van der Waals surface area contributed by atoms with Crippen LogP contribution < -0.4 is 10.6 Å². The van der Waals surface area contributed by atoms with Crippen molar-refractivity contribution in [1.29, 1.82) is 0 Å². The van der Waals surface area contributed by atoms with Gasteiger partial charge in [-0.15, -0.1) is 11.3 Å². The van der Waals surface area contributed by atoms with Crippen LogP contribution in [-0.4, -0.2) is 22.5 Å². The highest BCUT2D eigenvalue weighted by molar-refractivity contribution is 7.09. The zero-order chi connectivity index (χ0) is 16.6. The van der Waals surface area contributed by atoms with Gasteiger partial charge in [-0.25, -0.2) is 9.78 Å². The molecular weight excluding hydrogens is 320 g/mol. The van der Waals surface area contributed by atoms with Crippen LogP contribution in [0, 0.1) is 0 Å². The van der Waals surface area contributed by atoms with E-state index in [4.69, 9.17) is 0 Å². The van der Waals surface area contributed by atoms with Crippen LogP contribution in [0.25, 0.3) is 0 Å². The summed E-state index contributed by atoms with van der Waals surface area (Å²) >= 11 is 1.59. The van der Waals surface area contributed by atoms with E-state index in [2.05, 4.69) is 20.6 Å². The summed E-state index contributed by atoms with van der Waals surface area (Å²) in [5, 5.41) is 8.88. The van der Waals surface area contributed by atoms with Crippen molar-refractivity contribution in [3.05, 3.63) is 82.6 Å². The molecule has 3 aromatic rings. The summed E-state index contributed by atoms with van der Waals surface area (Å²) in [7, 11) is 0. The van der Waals surface area contributed by atoms with Crippen LogP contribution in [-0.2, 0) is 6.42 Å². The van der Waals surface area contributed by atoms with Gasteiger partial charge in [0.1, 0.15) is 0 Å². The van der Waals surface area contributed by atoms with Crippen molar-refractivity contribution in [2.45, 2.75) is 12.5 Å². The molecule has 0 fully saturated rings. The maximum Gasteiger partial charge on any atom is 0.315 e. The Bertz CT molecular complexity index is 708. The Morgan fingerprint density at radius 3 is 2.50 bits per heavy atom. The number of pyridine rings is 1. The molecule has 24 heavy (non-hydrogen) atoms. The van der Waals surface area contributed by atoms with E-state index in [-0.39, 0.29) is 12.1 Å². The molecule has 0 bridgehead atoms. The van der Waals surface area contributed by atoms with Crippen molar-refractivity contribution in [2.24, 2.45) is 0 Å². The maximum atomic E-state index is 12.3. The molecule has 2 N–H and O–H groups in total. The first kappa shape index (κ1) is 16.1. The van der Waals surface area contributed by atoms with E-state index in [1.54, 1.807) is 29.9 Å². The minimum atomic E-state index is -0.214. The van der Waals surface area contributed by atoms with Crippen LogP contribution in [0.15, 0.2) is 66.4 Å². The SMILES string of the molecule is O=C(NCCc1nccs1)N[C@H](c1ccccc1)c1ccncc1. The molecule has 0 unspecified atom stereocenters. The van der Waals surface area contributed by atoms with Gasteiger partial charge in [-0.05, 0) is 23.3 Å². The predicted octanol–water partition coefficient (Wildman–Crippen LogP) is 3.17. The van der Waals surface area contributed by atoms with Crippen molar-refractivity contribution in [2.75, 3.05) is 6.54 Å². The predicted molar refractivity (Wildman–Crippen MR) is 94.9 cm³/mol. The lowest BCUT2D eigenvalue weighted by atomic mass is 10.00. The first-order valence-corrected chi connectivity index (χ1v) is 8.58. The summed E-state index contributed by atoms with van der Waals surface area (Å²) in [5.41, 5.74) is 2.02. The van der Waals surface area contributed by atoms with Crippen molar-refractivity contribution in [3.8, 4) is 0 Å². The van der Waals surface area contributed by atoms with Crippen molar-refractivity contribution in [1.82, 2.24) is 20.6 Å². The number of carbonyl (C=O) groups excluding carboxylic acids is 1. The Hall–Kier alpha value is -2.73. The second-order valence-corrected chi connectivity index (χ2v) is 6.18. The summed E-state index contributed by atoms with van der Waals surface area (Å²) in [6.07, 6.45) is 5.96. The third-order valence-corrected chi connectivity index (χ3v) is 4.40. The average molecular weight is 338 g/mol. The number of thiazole rings is 1.